The van der Waals surface area contributed by atoms with Gasteiger partial charge in [-0.25, -0.2) is 0 Å². The second kappa shape index (κ2) is 7.16. The standard InChI is InChI=1S/C23H23N3O/c1-3-25(4-2)21-16-10-14-19-22(21)26(20-15-9-8-13-18(20)24-19)23(27)17-11-6-5-7-12-17/h5-16,24H,3-4H2,1-2H3. The Morgan fingerprint density at radius 1 is 0.852 bits per heavy atom. The van der Waals surface area contributed by atoms with E-state index < -0.39 is 0 Å². The first-order valence-electron chi connectivity index (χ1n) is 9.38. The first-order valence-corrected chi connectivity index (χ1v) is 9.38. The van der Waals surface area contributed by atoms with Crippen LogP contribution in [0.2, 0.25) is 0 Å². The Morgan fingerprint density at radius 2 is 1.52 bits per heavy atom. The molecule has 1 heterocycles. The first-order chi connectivity index (χ1) is 13.2. The van der Waals surface area contributed by atoms with Crippen LogP contribution in [0.15, 0.2) is 72.8 Å². The smallest absolute Gasteiger partial charge is 0.263 e. The first kappa shape index (κ1) is 17.2. The third-order valence-corrected chi connectivity index (χ3v) is 4.98. The van der Waals surface area contributed by atoms with Crippen molar-refractivity contribution in [2.24, 2.45) is 0 Å². The van der Waals surface area contributed by atoms with Crippen LogP contribution in [0, 0.1) is 0 Å². The van der Waals surface area contributed by atoms with Crippen molar-refractivity contribution in [3.05, 3.63) is 78.4 Å². The molecule has 3 aromatic rings. The van der Waals surface area contributed by atoms with Crippen LogP contribution in [-0.2, 0) is 0 Å². The zero-order chi connectivity index (χ0) is 18.8. The summed E-state index contributed by atoms with van der Waals surface area (Å²) in [6.45, 7) is 6.02. The zero-order valence-electron chi connectivity index (χ0n) is 15.6. The van der Waals surface area contributed by atoms with Crippen LogP contribution in [0.3, 0.4) is 0 Å². The molecule has 0 saturated carbocycles. The van der Waals surface area contributed by atoms with Gasteiger partial charge in [0, 0.05) is 18.7 Å². The van der Waals surface area contributed by atoms with Crippen LogP contribution < -0.4 is 15.1 Å². The van der Waals surface area contributed by atoms with Crippen molar-refractivity contribution in [2.45, 2.75) is 13.8 Å². The fourth-order valence-corrected chi connectivity index (χ4v) is 3.65. The largest absolute Gasteiger partial charge is 0.370 e. The van der Waals surface area contributed by atoms with E-state index in [9.17, 15) is 4.79 Å². The number of hydrogen-bond acceptors (Lipinski definition) is 3. The monoisotopic (exact) mass is 357 g/mol. The Bertz CT molecular complexity index is 964. The minimum Gasteiger partial charge on any atom is -0.370 e. The highest BCUT2D eigenvalue weighted by molar-refractivity contribution is 6.18. The Labute approximate surface area is 160 Å². The van der Waals surface area contributed by atoms with Gasteiger partial charge in [-0.1, -0.05) is 36.4 Å². The molecule has 1 N–H and O–H groups in total. The summed E-state index contributed by atoms with van der Waals surface area (Å²) in [5, 5.41) is 3.50. The van der Waals surface area contributed by atoms with Crippen LogP contribution in [-0.4, -0.2) is 19.0 Å². The van der Waals surface area contributed by atoms with Crippen molar-refractivity contribution < 1.29 is 4.79 Å². The zero-order valence-corrected chi connectivity index (χ0v) is 15.6. The fraction of sp³-hybridized carbons (Fsp3) is 0.174. The normalized spacial score (nSPS) is 12.0. The molecule has 0 bridgehead atoms. The molecule has 136 valence electrons. The van der Waals surface area contributed by atoms with Crippen molar-refractivity contribution in [3.8, 4) is 0 Å². The van der Waals surface area contributed by atoms with E-state index in [4.69, 9.17) is 0 Å². The lowest BCUT2D eigenvalue weighted by molar-refractivity contribution is 0.0999. The molecule has 0 aromatic heterocycles. The highest BCUT2D eigenvalue weighted by Crippen LogP contribution is 2.48. The summed E-state index contributed by atoms with van der Waals surface area (Å²) in [6, 6.07) is 23.6. The number of nitrogens with one attached hydrogen (secondary N) is 1. The van der Waals surface area contributed by atoms with Crippen molar-refractivity contribution in [3.63, 3.8) is 0 Å². The van der Waals surface area contributed by atoms with Crippen LogP contribution in [0.5, 0.6) is 0 Å². The Kier molecular flexibility index (Phi) is 4.55. The van der Waals surface area contributed by atoms with Crippen molar-refractivity contribution in [2.75, 3.05) is 28.2 Å². The second-order valence-electron chi connectivity index (χ2n) is 6.49. The van der Waals surface area contributed by atoms with Gasteiger partial charge in [0.25, 0.3) is 5.91 Å². The second-order valence-corrected chi connectivity index (χ2v) is 6.49. The van der Waals surface area contributed by atoms with Gasteiger partial charge < -0.3 is 10.2 Å². The molecule has 0 aliphatic carbocycles. The lowest BCUT2D eigenvalue weighted by Crippen LogP contribution is -2.32. The maximum Gasteiger partial charge on any atom is 0.263 e. The van der Waals surface area contributed by atoms with Gasteiger partial charge in [0.2, 0.25) is 0 Å². The molecule has 1 amide bonds. The fourth-order valence-electron chi connectivity index (χ4n) is 3.65. The number of para-hydroxylation sites is 3. The Hall–Kier alpha value is -3.27. The van der Waals surface area contributed by atoms with Crippen molar-refractivity contribution in [1.29, 1.82) is 0 Å². The van der Waals surface area contributed by atoms with Gasteiger partial charge in [0.05, 0.1) is 28.4 Å². The summed E-state index contributed by atoms with van der Waals surface area (Å²) < 4.78 is 0. The minimum atomic E-state index is -0.0228. The number of carbonyl (C=O) groups excluding carboxylic acids is 1. The highest BCUT2D eigenvalue weighted by atomic mass is 16.2. The van der Waals surface area contributed by atoms with Crippen LogP contribution in [0.1, 0.15) is 24.2 Å². The number of benzene rings is 3. The van der Waals surface area contributed by atoms with Crippen molar-refractivity contribution in [1.82, 2.24) is 0 Å². The molecule has 1 aliphatic heterocycles. The maximum atomic E-state index is 13.6. The van der Waals surface area contributed by atoms with E-state index in [-0.39, 0.29) is 5.91 Å². The van der Waals surface area contributed by atoms with Crippen LogP contribution in [0.25, 0.3) is 0 Å². The summed E-state index contributed by atoms with van der Waals surface area (Å²) in [5.41, 5.74) is 5.40. The van der Waals surface area contributed by atoms with E-state index in [0.717, 1.165) is 41.5 Å². The summed E-state index contributed by atoms with van der Waals surface area (Å²) in [6.07, 6.45) is 0. The quantitative estimate of drug-likeness (QED) is 0.663. The molecule has 0 saturated heterocycles. The third-order valence-electron chi connectivity index (χ3n) is 4.98. The molecule has 4 nitrogen and oxygen atoms in total. The number of nitrogens with zero attached hydrogens (tertiary/aromatic N) is 2. The molecule has 1 aliphatic rings. The Morgan fingerprint density at radius 3 is 2.26 bits per heavy atom. The molecule has 4 heteroatoms. The topological polar surface area (TPSA) is 35.6 Å². The lowest BCUT2D eigenvalue weighted by Gasteiger charge is -2.36. The van der Waals surface area contributed by atoms with E-state index in [2.05, 4.69) is 30.1 Å². The summed E-state index contributed by atoms with van der Waals surface area (Å²) in [4.78, 5) is 17.7. The Balaban J connectivity index is 1.94. The molecule has 4 rings (SSSR count). The SMILES string of the molecule is CCN(CC)c1cccc2c1N(C(=O)c1ccccc1)c1ccccc1N2. The minimum absolute atomic E-state index is 0.0228. The molecule has 3 aromatic carbocycles. The van der Waals surface area contributed by atoms with Gasteiger partial charge in [-0.2, -0.15) is 0 Å². The molecule has 0 fully saturated rings. The predicted octanol–water partition coefficient (Wildman–Crippen LogP) is 5.57. The molecule has 27 heavy (non-hydrogen) atoms. The van der Waals surface area contributed by atoms with Gasteiger partial charge in [-0.05, 0) is 50.2 Å². The van der Waals surface area contributed by atoms with E-state index in [1.165, 1.54) is 0 Å². The number of carbonyl (C=O) groups is 1. The van der Waals surface area contributed by atoms with Gasteiger partial charge in [0.15, 0.2) is 0 Å². The number of fused-ring (bicyclic) bond motifs is 2. The van der Waals surface area contributed by atoms with E-state index in [0.29, 0.717) is 5.56 Å². The van der Waals surface area contributed by atoms with Gasteiger partial charge in [0.1, 0.15) is 0 Å². The number of amides is 1. The summed E-state index contributed by atoms with van der Waals surface area (Å²) in [7, 11) is 0. The molecular formula is C23H23N3O. The predicted molar refractivity (Wildman–Crippen MR) is 113 cm³/mol. The van der Waals surface area contributed by atoms with Crippen LogP contribution >= 0.6 is 0 Å². The molecule has 0 spiro atoms. The number of rotatable bonds is 4. The van der Waals surface area contributed by atoms with E-state index in [1.807, 2.05) is 71.6 Å². The average molecular weight is 357 g/mol. The van der Waals surface area contributed by atoms with Crippen LogP contribution in [0.4, 0.5) is 28.4 Å². The third kappa shape index (κ3) is 2.93. The van der Waals surface area contributed by atoms with Gasteiger partial charge in [-0.3, -0.25) is 9.69 Å². The van der Waals surface area contributed by atoms with Crippen molar-refractivity contribution >= 4 is 34.3 Å². The summed E-state index contributed by atoms with van der Waals surface area (Å²) >= 11 is 0. The van der Waals surface area contributed by atoms with E-state index >= 15 is 0 Å². The summed E-state index contributed by atoms with van der Waals surface area (Å²) in [5.74, 6) is -0.0228. The number of hydrogen-bond donors (Lipinski definition) is 1. The highest BCUT2D eigenvalue weighted by Gasteiger charge is 2.31. The molecule has 0 atom stereocenters. The lowest BCUT2D eigenvalue weighted by atomic mass is 10.1. The average Bonchev–Trinajstić information content (AvgIpc) is 2.73. The molecular weight excluding hydrogens is 334 g/mol. The molecule has 0 radical (unpaired) electrons. The van der Waals surface area contributed by atoms with E-state index in [1.54, 1.807) is 0 Å². The molecule has 0 unspecified atom stereocenters. The maximum absolute atomic E-state index is 13.6. The number of anilines is 5. The van der Waals surface area contributed by atoms with Gasteiger partial charge >= 0.3 is 0 Å². The van der Waals surface area contributed by atoms with Gasteiger partial charge in [-0.15, -0.1) is 0 Å².